The average Bonchev–Trinajstić information content (AvgIpc) is 2.71. The van der Waals surface area contributed by atoms with E-state index in [9.17, 15) is 27.6 Å². The molecule has 0 saturated heterocycles. The Morgan fingerprint density at radius 1 is 0.833 bits per heavy atom. The van der Waals surface area contributed by atoms with Gasteiger partial charge in [-0.3, -0.25) is 9.59 Å². The molecule has 7 nitrogen and oxygen atoms in total. The van der Waals surface area contributed by atoms with Crippen LogP contribution in [0.2, 0.25) is 0 Å². The van der Waals surface area contributed by atoms with Gasteiger partial charge in [-0.15, -0.1) is 0 Å². The van der Waals surface area contributed by atoms with Crippen molar-refractivity contribution in [3.05, 3.63) is 65.2 Å². The molecule has 0 radical (unpaired) electrons. The van der Waals surface area contributed by atoms with Gasteiger partial charge in [-0.05, 0) is 55.5 Å². The Kier molecular flexibility index (Phi) is 7.79. The van der Waals surface area contributed by atoms with E-state index in [0.29, 0.717) is 5.56 Å². The van der Waals surface area contributed by atoms with Gasteiger partial charge in [0.1, 0.15) is 5.75 Å². The van der Waals surface area contributed by atoms with Crippen LogP contribution >= 0.6 is 0 Å². The Balaban J connectivity index is 1.76. The highest BCUT2D eigenvalue weighted by Gasteiger charge is 2.30. The molecule has 2 amide bonds. The van der Waals surface area contributed by atoms with E-state index >= 15 is 0 Å². The molecule has 0 saturated carbocycles. The molecule has 2 aromatic rings. The van der Waals surface area contributed by atoms with Crippen LogP contribution in [0.3, 0.4) is 0 Å². The fourth-order valence-corrected chi connectivity index (χ4v) is 2.28. The van der Waals surface area contributed by atoms with Crippen LogP contribution in [-0.4, -0.2) is 37.7 Å². The van der Waals surface area contributed by atoms with Gasteiger partial charge in [0.15, 0.2) is 0 Å². The van der Waals surface area contributed by atoms with E-state index in [0.717, 1.165) is 24.3 Å². The molecule has 0 unspecified atom stereocenters. The predicted octanol–water partition coefficient (Wildman–Crippen LogP) is 3.40. The SMILES string of the molecule is CCOC(=O)Oc1ccc(C(=O)NCCNC(=O)c2ccc(C(F)(F)F)cc2)cc1. The average molecular weight is 424 g/mol. The van der Waals surface area contributed by atoms with Gasteiger partial charge < -0.3 is 20.1 Å². The summed E-state index contributed by atoms with van der Waals surface area (Å²) in [6.07, 6.45) is -5.32. The number of rotatable bonds is 7. The first kappa shape index (κ1) is 22.7. The molecule has 0 aliphatic heterocycles. The summed E-state index contributed by atoms with van der Waals surface area (Å²) in [5.74, 6) is -0.756. The molecule has 0 aliphatic carbocycles. The lowest BCUT2D eigenvalue weighted by Crippen LogP contribution is -2.34. The number of nitrogens with one attached hydrogen (secondary N) is 2. The van der Waals surface area contributed by atoms with Crippen LogP contribution in [0.15, 0.2) is 48.5 Å². The molecule has 0 aliphatic rings. The summed E-state index contributed by atoms with van der Waals surface area (Å²) in [6, 6.07) is 9.57. The zero-order valence-electron chi connectivity index (χ0n) is 15.9. The normalized spacial score (nSPS) is 10.8. The molecule has 0 heterocycles. The van der Waals surface area contributed by atoms with Gasteiger partial charge in [-0.25, -0.2) is 4.79 Å². The van der Waals surface area contributed by atoms with Crippen LogP contribution in [0, 0.1) is 0 Å². The van der Waals surface area contributed by atoms with Crippen LogP contribution in [0.1, 0.15) is 33.2 Å². The fraction of sp³-hybridized carbons (Fsp3) is 0.250. The number of ether oxygens (including phenoxy) is 2. The number of halogens is 3. The first-order valence-electron chi connectivity index (χ1n) is 8.89. The molecular weight excluding hydrogens is 405 g/mol. The van der Waals surface area contributed by atoms with Crippen molar-refractivity contribution in [1.29, 1.82) is 0 Å². The third-order valence-corrected chi connectivity index (χ3v) is 3.75. The number of hydrogen-bond acceptors (Lipinski definition) is 5. The maximum atomic E-state index is 12.5. The van der Waals surface area contributed by atoms with Gasteiger partial charge in [0.25, 0.3) is 11.8 Å². The van der Waals surface area contributed by atoms with Gasteiger partial charge in [0.05, 0.1) is 12.2 Å². The van der Waals surface area contributed by atoms with Crippen LogP contribution in [0.4, 0.5) is 18.0 Å². The van der Waals surface area contributed by atoms with E-state index in [2.05, 4.69) is 15.4 Å². The summed E-state index contributed by atoms with van der Waals surface area (Å²) in [6.45, 7) is 2.00. The van der Waals surface area contributed by atoms with Crippen LogP contribution < -0.4 is 15.4 Å². The van der Waals surface area contributed by atoms with Gasteiger partial charge in [-0.2, -0.15) is 13.2 Å². The Labute approximate surface area is 170 Å². The molecule has 160 valence electrons. The summed E-state index contributed by atoms with van der Waals surface area (Å²) >= 11 is 0. The number of carbonyl (C=O) groups excluding carboxylic acids is 3. The van der Waals surface area contributed by atoms with E-state index in [1.54, 1.807) is 6.92 Å². The quantitative estimate of drug-likeness (QED) is 0.404. The monoisotopic (exact) mass is 424 g/mol. The summed E-state index contributed by atoms with van der Waals surface area (Å²) in [5, 5.41) is 5.08. The van der Waals surface area contributed by atoms with Crippen molar-refractivity contribution in [3.63, 3.8) is 0 Å². The number of amides is 2. The number of carbonyl (C=O) groups is 3. The first-order valence-corrected chi connectivity index (χ1v) is 8.89. The molecule has 0 spiro atoms. The minimum Gasteiger partial charge on any atom is -0.434 e. The maximum Gasteiger partial charge on any atom is 0.513 e. The van der Waals surface area contributed by atoms with E-state index in [4.69, 9.17) is 4.74 Å². The Hall–Kier alpha value is -3.56. The smallest absolute Gasteiger partial charge is 0.434 e. The van der Waals surface area contributed by atoms with E-state index < -0.39 is 29.7 Å². The van der Waals surface area contributed by atoms with Crippen molar-refractivity contribution in [3.8, 4) is 5.75 Å². The van der Waals surface area contributed by atoms with Crippen molar-refractivity contribution >= 4 is 18.0 Å². The molecular formula is C20H19F3N2O5. The predicted molar refractivity (Wildman–Crippen MR) is 100 cm³/mol. The summed E-state index contributed by atoms with van der Waals surface area (Å²) in [7, 11) is 0. The second-order valence-electron chi connectivity index (χ2n) is 5.90. The third-order valence-electron chi connectivity index (χ3n) is 3.75. The second-order valence-corrected chi connectivity index (χ2v) is 5.90. The lowest BCUT2D eigenvalue weighted by atomic mass is 10.1. The van der Waals surface area contributed by atoms with Gasteiger partial charge in [0, 0.05) is 24.2 Å². The highest BCUT2D eigenvalue weighted by molar-refractivity contribution is 5.95. The lowest BCUT2D eigenvalue weighted by molar-refractivity contribution is -0.137. The summed E-state index contributed by atoms with van der Waals surface area (Å²) < 4.78 is 47.1. The minimum atomic E-state index is -4.47. The third kappa shape index (κ3) is 6.80. The molecule has 30 heavy (non-hydrogen) atoms. The largest absolute Gasteiger partial charge is 0.513 e. The van der Waals surface area contributed by atoms with Gasteiger partial charge in [-0.1, -0.05) is 0 Å². The van der Waals surface area contributed by atoms with Crippen molar-refractivity contribution < 1.29 is 37.0 Å². The molecule has 0 atom stereocenters. The summed E-state index contributed by atoms with van der Waals surface area (Å²) in [4.78, 5) is 35.2. The minimum absolute atomic E-state index is 0.0755. The molecule has 2 aromatic carbocycles. The molecule has 0 aromatic heterocycles. The first-order chi connectivity index (χ1) is 14.2. The zero-order chi connectivity index (χ0) is 22.1. The van der Waals surface area contributed by atoms with Crippen LogP contribution in [0.5, 0.6) is 5.75 Å². The Bertz CT molecular complexity index is 881. The summed E-state index contributed by atoms with van der Waals surface area (Å²) in [5.41, 5.74) is -0.461. The molecule has 2 N–H and O–H groups in total. The van der Waals surface area contributed by atoms with E-state index in [1.807, 2.05) is 0 Å². The Morgan fingerprint density at radius 3 is 1.73 bits per heavy atom. The number of hydrogen-bond donors (Lipinski definition) is 2. The highest BCUT2D eigenvalue weighted by Crippen LogP contribution is 2.29. The molecule has 0 fully saturated rings. The van der Waals surface area contributed by atoms with E-state index in [-0.39, 0.29) is 31.0 Å². The number of alkyl halides is 3. The molecule has 10 heteroatoms. The standard InChI is InChI=1S/C20H19F3N2O5/c1-2-29-19(28)30-16-9-5-14(6-10-16)18(27)25-12-11-24-17(26)13-3-7-15(8-4-13)20(21,22)23/h3-10H,2,11-12H2,1H3,(H,24,26)(H,25,27). The van der Waals surface area contributed by atoms with Crippen molar-refractivity contribution in [2.24, 2.45) is 0 Å². The Morgan fingerprint density at radius 2 is 1.30 bits per heavy atom. The number of benzene rings is 2. The van der Waals surface area contributed by atoms with Crippen molar-refractivity contribution in [1.82, 2.24) is 10.6 Å². The van der Waals surface area contributed by atoms with Crippen LogP contribution in [0.25, 0.3) is 0 Å². The lowest BCUT2D eigenvalue weighted by Gasteiger charge is -2.09. The topological polar surface area (TPSA) is 93.7 Å². The van der Waals surface area contributed by atoms with Crippen molar-refractivity contribution in [2.75, 3.05) is 19.7 Å². The molecule has 0 bridgehead atoms. The molecule has 2 rings (SSSR count). The van der Waals surface area contributed by atoms with Gasteiger partial charge in [0.2, 0.25) is 0 Å². The maximum absolute atomic E-state index is 12.5. The zero-order valence-corrected chi connectivity index (χ0v) is 15.9. The van der Waals surface area contributed by atoms with Crippen molar-refractivity contribution in [2.45, 2.75) is 13.1 Å². The van der Waals surface area contributed by atoms with Crippen LogP contribution in [-0.2, 0) is 10.9 Å². The van der Waals surface area contributed by atoms with Gasteiger partial charge >= 0.3 is 12.3 Å². The fourth-order valence-electron chi connectivity index (χ4n) is 2.28. The second kappa shape index (κ2) is 10.3. The van der Waals surface area contributed by atoms with E-state index in [1.165, 1.54) is 24.3 Å². The highest BCUT2D eigenvalue weighted by atomic mass is 19.4.